The third kappa shape index (κ3) is 2.33. The van der Waals surface area contributed by atoms with Gasteiger partial charge in [0.1, 0.15) is 0 Å². The fourth-order valence-corrected chi connectivity index (χ4v) is 2.85. The summed E-state index contributed by atoms with van der Waals surface area (Å²) in [4.78, 5) is 2.08. The molecule has 0 N–H and O–H groups in total. The second kappa shape index (κ2) is 5.22. The van der Waals surface area contributed by atoms with Crippen LogP contribution in [0.2, 0.25) is 0 Å². The molecule has 1 fully saturated rings. The van der Waals surface area contributed by atoms with E-state index in [0.717, 1.165) is 0 Å². The van der Waals surface area contributed by atoms with Gasteiger partial charge in [0.25, 0.3) is 0 Å². The summed E-state index contributed by atoms with van der Waals surface area (Å²) in [6.45, 7) is 5.54. The fraction of sp³-hybridized carbons (Fsp3) is 0.562. The van der Waals surface area contributed by atoms with E-state index >= 15 is 0 Å². The summed E-state index contributed by atoms with van der Waals surface area (Å²) >= 11 is 0. The van der Waals surface area contributed by atoms with Crippen molar-refractivity contribution in [1.82, 2.24) is 0 Å². The maximum atomic E-state index is 9.49. The topological polar surface area (TPSA) is 36.3 Å². The molecule has 0 radical (unpaired) electrons. The monoisotopic (exact) mass is 258 g/mol. The summed E-state index contributed by atoms with van der Waals surface area (Å²) in [7, 11) is 4.06. The summed E-state index contributed by atoms with van der Waals surface area (Å²) in [5.74, 6) is 0.342. The number of benzene rings is 1. The minimum absolute atomic E-state index is 0.00598. The number of nitriles is 1. The Morgan fingerprint density at radius 3 is 2.11 bits per heavy atom. The lowest BCUT2D eigenvalue weighted by atomic mass is 9.65. The van der Waals surface area contributed by atoms with Crippen LogP contribution in [-0.2, 0) is 10.2 Å². The van der Waals surface area contributed by atoms with Crippen LogP contribution in [0, 0.1) is 23.2 Å². The van der Waals surface area contributed by atoms with Crippen LogP contribution in [0.1, 0.15) is 19.4 Å². The van der Waals surface area contributed by atoms with Crippen LogP contribution in [0.5, 0.6) is 0 Å². The molecule has 1 aliphatic heterocycles. The van der Waals surface area contributed by atoms with Crippen LogP contribution in [0.4, 0.5) is 5.69 Å². The number of anilines is 1. The van der Waals surface area contributed by atoms with Crippen molar-refractivity contribution in [2.75, 3.05) is 32.2 Å². The first-order valence-electron chi connectivity index (χ1n) is 6.76. The second-order valence-electron chi connectivity index (χ2n) is 5.94. The maximum Gasteiger partial charge on any atom is 0.0669 e. The van der Waals surface area contributed by atoms with Gasteiger partial charge in [-0.1, -0.05) is 26.0 Å². The molecule has 0 aromatic heterocycles. The third-order valence-corrected chi connectivity index (χ3v) is 4.08. The van der Waals surface area contributed by atoms with E-state index in [9.17, 15) is 5.26 Å². The molecule has 1 unspecified atom stereocenters. The van der Waals surface area contributed by atoms with Gasteiger partial charge < -0.3 is 9.64 Å². The zero-order valence-corrected chi connectivity index (χ0v) is 12.2. The molecule has 19 heavy (non-hydrogen) atoms. The first kappa shape index (κ1) is 13.9. The van der Waals surface area contributed by atoms with Crippen molar-refractivity contribution >= 4 is 5.69 Å². The first-order valence-corrected chi connectivity index (χ1v) is 6.76. The van der Waals surface area contributed by atoms with Crippen molar-refractivity contribution in [3.8, 4) is 6.07 Å². The van der Waals surface area contributed by atoms with Crippen molar-refractivity contribution in [2.24, 2.45) is 11.8 Å². The fourth-order valence-electron chi connectivity index (χ4n) is 2.85. The van der Waals surface area contributed by atoms with E-state index in [0.29, 0.717) is 19.1 Å². The first-order chi connectivity index (χ1) is 9.01. The molecule has 2 rings (SSSR count). The van der Waals surface area contributed by atoms with Crippen molar-refractivity contribution in [2.45, 2.75) is 19.3 Å². The summed E-state index contributed by atoms with van der Waals surface area (Å²) < 4.78 is 5.44. The van der Waals surface area contributed by atoms with Gasteiger partial charge in [-0.2, -0.15) is 5.26 Å². The Morgan fingerprint density at radius 1 is 1.21 bits per heavy atom. The Hall–Kier alpha value is -1.53. The van der Waals surface area contributed by atoms with E-state index in [1.54, 1.807) is 0 Å². The van der Waals surface area contributed by atoms with Gasteiger partial charge in [0, 0.05) is 19.8 Å². The van der Waals surface area contributed by atoms with Crippen LogP contribution in [-0.4, -0.2) is 27.3 Å². The highest BCUT2D eigenvalue weighted by atomic mass is 16.5. The highest BCUT2D eigenvalue weighted by molar-refractivity contribution is 5.48. The lowest BCUT2D eigenvalue weighted by Gasteiger charge is -2.46. The van der Waals surface area contributed by atoms with Crippen LogP contribution in [0.3, 0.4) is 0 Å². The summed E-state index contributed by atoms with van der Waals surface area (Å²) in [6, 6.07) is 11.0. The van der Waals surface area contributed by atoms with Gasteiger partial charge in [-0.3, -0.25) is 0 Å². The summed E-state index contributed by atoms with van der Waals surface area (Å²) in [5.41, 5.74) is 2.29. The molecular formula is C16H22N2O. The molecule has 1 aromatic carbocycles. The normalized spacial score (nSPS) is 18.5. The third-order valence-electron chi connectivity index (χ3n) is 4.08. The van der Waals surface area contributed by atoms with Crippen molar-refractivity contribution < 1.29 is 4.74 Å². The van der Waals surface area contributed by atoms with E-state index in [1.165, 1.54) is 11.3 Å². The van der Waals surface area contributed by atoms with Crippen molar-refractivity contribution in [3.05, 3.63) is 29.8 Å². The minimum atomic E-state index is -0.117. The molecule has 1 atom stereocenters. The molecule has 1 aliphatic rings. The van der Waals surface area contributed by atoms with Crippen LogP contribution >= 0.6 is 0 Å². The van der Waals surface area contributed by atoms with E-state index in [4.69, 9.17) is 4.74 Å². The number of nitrogens with zero attached hydrogens (tertiary/aromatic N) is 2. The smallest absolute Gasteiger partial charge is 0.0669 e. The molecule has 0 bridgehead atoms. The molecule has 1 heterocycles. The van der Waals surface area contributed by atoms with Crippen LogP contribution < -0.4 is 4.90 Å². The van der Waals surface area contributed by atoms with Gasteiger partial charge in [0.05, 0.1) is 30.6 Å². The second-order valence-corrected chi connectivity index (χ2v) is 5.94. The number of ether oxygens (including phenoxy) is 1. The largest absolute Gasteiger partial charge is 0.379 e. The van der Waals surface area contributed by atoms with Crippen LogP contribution in [0.15, 0.2) is 24.3 Å². The van der Waals surface area contributed by atoms with E-state index < -0.39 is 0 Å². The lowest BCUT2D eigenvalue weighted by Crippen LogP contribution is -2.53. The number of rotatable bonds is 4. The summed E-state index contributed by atoms with van der Waals surface area (Å²) in [5, 5.41) is 9.49. The van der Waals surface area contributed by atoms with Gasteiger partial charge in [-0.05, 0) is 23.6 Å². The predicted octanol–water partition coefficient (Wildman–Crippen LogP) is 2.82. The zero-order valence-electron chi connectivity index (χ0n) is 12.2. The van der Waals surface area contributed by atoms with Crippen molar-refractivity contribution in [1.29, 1.82) is 5.26 Å². The standard InChI is InChI=1S/C16H22N2O/c1-12(2)15(9-17)16(10-19-11-16)13-5-7-14(8-6-13)18(3)4/h5-8,12,15H,10-11H2,1-4H3. The molecule has 0 spiro atoms. The number of hydrogen-bond donors (Lipinski definition) is 0. The Labute approximate surface area is 115 Å². The molecule has 0 saturated carbocycles. The SMILES string of the molecule is CC(C)C(C#N)C1(c2ccc(N(C)C)cc2)COC1. The molecule has 3 nitrogen and oxygen atoms in total. The Bertz CT molecular complexity index is 467. The lowest BCUT2D eigenvalue weighted by molar-refractivity contribution is -0.0876. The average Bonchev–Trinajstić information content (AvgIpc) is 2.33. The molecule has 1 aromatic rings. The van der Waals surface area contributed by atoms with Gasteiger partial charge in [0.15, 0.2) is 0 Å². The Kier molecular flexibility index (Phi) is 3.82. The predicted molar refractivity (Wildman–Crippen MR) is 77.2 cm³/mol. The quantitative estimate of drug-likeness (QED) is 0.833. The van der Waals surface area contributed by atoms with Gasteiger partial charge in [-0.15, -0.1) is 0 Å². The summed E-state index contributed by atoms with van der Waals surface area (Å²) in [6.07, 6.45) is 0. The highest BCUT2D eigenvalue weighted by Gasteiger charge is 2.48. The van der Waals surface area contributed by atoms with Gasteiger partial charge >= 0.3 is 0 Å². The Balaban J connectivity index is 2.34. The molecule has 3 heteroatoms. The van der Waals surface area contributed by atoms with Gasteiger partial charge in [-0.25, -0.2) is 0 Å². The number of hydrogen-bond acceptors (Lipinski definition) is 3. The maximum absolute atomic E-state index is 9.49. The van der Waals surface area contributed by atoms with E-state index in [2.05, 4.69) is 49.1 Å². The van der Waals surface area contributed by atoms with E-state index in [1.807, 2.05) is 14.1 Å². The molecule has 1 saturated heterocycles. The molecule has 0 amide bonds. The van der Waals surface area contributed by atoms with Crippen molar-refractivity contribution in [3.63, 3.8) is 0 Å². The zero-order chi connectivity index (χ0) is 14.0. The highest BCUT2D eigenvalue weighted by Crippen LogP contribution is 2.42. The molecular weight excluding hydrogens is 236 g/mol. The minimum Gasteiger partial charge on any atom is -0.379 e. The van der Waals surface area contributed by atoms with E-state index in [-0.39, 0.29) is 11.3 Å². The van der Waals surface area contributed by atoms with Crippen LogP contribution in [0.25, 0.3) is 0 Å². The van der Waals surface area contributed by atoms with Gasteiger partial charge in [0.2, 0.25) is 0 Å². The average molecular weight is 258 g/mol. The molecule has 102 valence electrons. The Morgan fingerprint density at radius 2 is 1.79 bits per heavy atom. The molecule has 0 aliphatic carbocycles.